The lowest BCUT2D eigenvalue weighted by Gasteiger charge is -2.25. The summed E-state index contributed by atoms with van der Waals surface area (Å²) < 4.78 is 0. The molecule has 116 valence electrons. The number of carbonyl (C=O) groups is 1. The Balaban J connectivity index is 2.33. The van der Waals surface area contributed by atoms with Gasteiger partial charge in [0.1, 0.15) is 5.82 Å². The summed E-state index contributed by atoms with van der Waals surface area (Å²) in [6.45, 7) is 9.14. The van der Waals surface area contributed by atoms with Crippen molar-refractivity contribution in [1.29, 1.82) is 0 Å². The van der Waals surface area contributed by atoms with E-state index in [-0.39, 0.29) is 11.8 Å². The second kappa shape index (κ2) is 6.41. The van der Waals surface area contributed by atoms with Gasteiger partial charge >= 0.3 is 0 Å². The van der Waals surface area contributed by atoms with Crippen molar-refractivity contribution in [3.63, 3.8) is 0 Å². The van der Waals surface area contributed by atoms with E-state index >= 15 is 0 Å². The van der Waals surface area contributed by atoms with Crippen LogP contribution in [0.25, 0.3) is 0 Å². The number of nitrogens with one attached hydrogen (secondary N) is 1. The van der Waals surface area contributed by atoms with Crippen molar-refractivity contribution in [2.75, 3.05) is 18.9 Å². The number of hydrogen-bond donors (Lipinski definition) is 1. The molecule has 0 bridgehead atoms. The fourth-order valence-corrected chi connectivity index (χ4v) is 2.33. The second-order valence-corrected chi connectivity index (χ2v) is 6.48. The van der Waals surface area contributed by atoms with Gasteiger partial charge in [0.2, 0.25) is 0 Å². The van der Waals surface area contributed by atoms with Gasteiger partial charge in [-0.05, 0) is 18.8 Å². The molecule has 21 heavy (non-hydrogen) atoms. The molecule has 1 aliphatic carbocycles. The summed E-state index contributed by atoms with van der Waals surface area (Å²) in [4.78, 5) is 23.7. The zero-order chi connectivity index (χ0) is 15.6. The van der Waals surface area contributed by atoms with Crippen LogP contribution in [0.2, 0.25) is 0 Å². The van der Waals surface area contributed by atoms with Crippen LogP contribution in [0, 0.1) is 5.92 Å². The fourth-order valence-electron chi connectivity index (χ4n) is 2.33. The van der Waals surface area contributed by atoms with Gasteiger partial charge < -0.3 is 10.2 Å². The smallest absolute Gasteiger partial charge is 0.275 e. The Morgan fingerprint density at radius 3 is 2.52 bits per heavy atom. The first-order valence-corrected chi connectivity index (χ1v) is 7.79. The van der Waals surface area contributed by atoms with Gasteiger partial charge in [-0.3, -0.25) is 4.79 Å². The average Bonchev–Trinajstić information content (AvgIpc) is 3.27. The highest BCUT2D eigenvalue weighted by Crippen LogP contribution is 2.30. The zero-order valence-corrected chi connectivity index (χ0v) is 13.7. The molecule has 1 fully saturated rings. The van der Waals surface area contributed by atoms with Gasteiger partial charge in [-0.1, -0.05) is 27.7 Å². The van der Waals surface area contributed by atoms with Gasteiger partial charge in [0.25, 0.3) is 5.91 Å². The van der Waals surface area contributed by atoms with Crippen LogP contribution in [-0.4, -0.2) is 40.4 Å². The van der Waals surface area contributed by atoms with Gasteiger partial charge in [0, 0.05) is 25.6 Å². The van der Waals surface area contributed by atoms with Crippen LogP contribution in [0.15, 0.2) is 6.20 Å². The molecule has 2 rings (SSSR count). The first-order chi connectivity index (χ1) is 9.93. The van der Waals surface area contributed by atoms with E-state index in [1.165, 1.54) is 0 Å². The van der Waals surface area contributed by atoms with E-state index in [9.17, 15) is 4.79 Å². The summed E-state index contributed by atoms with van der Waals surface area (Å²) in [5.74, 6) is 1.42. The van der Waals surface area contributed by atoms with Crippen molar-refractivity contribution >= 4 is 11.6 Å². The van der Waals surface area contributed by atoms with E-state index in [2.05, 4.69) is 29.1 Å². The highest BCUT2D eigenvalue weighted by molar-refractivity contribution is 5.97. The molecule has 0 atom stereocenters. The maximum absolute atomic E-state index is 12.9. The molecule has 1 amide bonds. The Kier molecular flexibility index (Phi) is 4.80. The van der Waals surface area contributed by atoms with Crippen LogP contribution in [0.1, 0.15) is 62.8 Å². The summed E-state index contributed by atoms with van der Waals surface area (Å²) in [7, 11) is 1.80. The molecule has 1 aromatic heterocycles. The Labute approximate surface area is 127 Å². The van der Waals surface area contributed by atoms with Gasteiger partial charge in [-0.25, -0.2) is 9.97 Å². The van der Waals surface area contributed by atoms with E-state index in [1.807, 2.05) is 18.7 Å². The Morgan fingerprint density at radius 2 is 2.05 bits per heavy atom. The van der Waals surface area contributed by atoms with Crippen LogP contribution in [0.5, 0.6) is 0 Å². The standard InChI is InChI=1S/C16H26N4O/c1-10(2)9-20(12-6-7-12)16(21)14-13(17-5)8-18-15(19-14)11(3)4/h8,10-12,17H,6-7,9H2,1-5H3. The molecule has 0 spiro atoms. The number of rotatable bonds is 6. The first kappa shape index (κ1) is 15.7. The molecule has 1 aliphatic rings. The molecule has 1 N–H and O–H groups in total. The average molecular weight is 290 g/mol. The SMILES string of the molecule is CNc1cnc(C(C)C)nc1C(=O)N(CC(C)C)C1CC1. The first-order valence-electron chi connectivity index (χ1n) is 7.79. The predicted molar refractivity (Wildman–Crippen MR) is 84.6 cm³/mol. The van der Waals surface area contributed by atoms with Gasteiger partial charge in [0.15, 0.2) is 5.69 Å². The second-order valence-electron chi connectivity index (χ2n) is 6.48. The molecule has 0 radical (unpaired) electrons. The van der Waals surface area contributed by atoms with E-state index < -0.39 is 0 Å². The predicted octanol–water partition coefficient (Wildman–Crippen LogP) is 2.90. The molecule has 1 aromatic rings. The van der Waals surface area contributed by atoms with E-state index in [1.54, 1.807) is 13.2 Å². The van der Waals surface area contributed by atoms with Crippen molar-refractivity contribution < 1.29 is 4.79 Å². The molecule has 0 unspecified atom stereocenters. The lowest BCUT2D eigenvalue weighted by molar-refractivity contribution is 0.0717. The third-order valence-corrected chi connectivity index (χ3v) is 3.61. The quantitative estimate of drug-likeness (QED) is 0.875. The normalized spacial score (nSPS) is 14.6. The largest absolute Gasteiger partial charge is 0.385 e. The van der Waals surface area contributed by atoms with Crippen LogP contribution in [0.3, 0.4) is 0 Å². The third kappa shape index (κ3) is 3.71. The van der Waals surface area contributed by atoms with Gasteiger partial charge in [-0.2, -0.15) is 0 Å². The molecule has 1 saturated carbocycles. The minimum absolute atomic E-state index is 0.0276. The number of hydrogen-bond acceptors (Lipinski definition) is 4. The molecule has 5 heteroatoms. The molecule has 5 nitrogen and oxygen atoms in total. The Hall–Kier alpha value is -1.65. The Morgan fingerprint density at radius 1 is 1.38 bits per heavy atom. The van der Waals surface area contributed by atoms with E-state index in [0.29, 0.717) is 23.3 Å². The van der Waals surface area contributed by atoms with Crippen molar-refractivity contribution in [2.45, 2.75) is 52.5 Å². The summed E-state index contributed by atoms with van der Waals surface area (Å²) in [5.41, 5.74) is 1.21. The minimum Gasteiger partial charge on any atom is -0.385 e. The number of aromatic nitrogens is 2. The lowest BCUT2D eigenvalue weighted by atomic mass is 10.1. The summed E-state index contributed by atoms with van der Waals surface area (Å²) in [5, 5.41) is 3.04. The van der Waals surface area contributed by atoms with Crippen LogP contribution >= 0.6 is 0 Å². The third-order valence-electron chi connectivity index (χ3n) is 3.61. The number of carbonyl (C=O) groups excluding carboxylic acids is 1. The molecule has 0 saturated heterocycles. The fraction of sp³-hybridized carbons (Fsp3) is 0.688. The number of anilines is 1. The van der Waals surface area contributed by atoms with Crippen molar-refractivity contribution in [3.8, 4) is 0 Å². The van der Waals surface area contributed by atoms with Crippen LogP contribution in [-0.2, 0) is 0 Å². The van der Waals surface area contributed by atoms with Crippen molar-refractivity contribution in [2.24, 2.45) is 5.92 Å². The maximum atomic E-state index is 12.9. The van der Waals surface area contributed by atoms with E-state index in [0.717, 1.165) is 25.2 Å². The number of amides is 1. The molecular formula is C16H26N4O. The van der Waals surface area contributed by atoms with Gasteiger partial charge in [-0.15, -0.1) is 0 Å². The molecule has 1 heterocycles. The van der Waals surface area contributed by atoms with Crippen molar-refractivity contribution in [1.82, 2.24) is 14.9 Å². The topological polar surface area (TPSA) is 58.1 Å². The molecule has 0 aliphatic heterocycles. The highest BCUT2D eigenvalue weighted by atomic mass is 16.2. The van der Waals surface area contributed by atoms with E-state index in [4.69, 9.17) is 0 Å². The molecule has 0 aromatic carbocycles. The summed E-state index contributed by atoms with van der Waals surface area (Å²) in [6.07, 6.45) is 3.93. The summed E-state index contributed by atoms with van der Waals surface area (Å²) in [6, 6.07) is 0.391. The highest BCUT2D eigenvalue weighted by Gasteiger charge is 2.35. The number of nitrogens with zero attached hydrogens (tertiary/aromatic N) is 3. The van der Waals surface area contributed by atoms with Crippen LogP contribution in [0.4, 0.5) is 5.69 Å². The summed E-state index contributed by atoms with van der Waals surface area (Å²) >= 11 is 0. The lowest BCUT2D eigenvalue weighted by Crippen LogP contribution is -2.37. The maximum Gasteiger partial charge on any atom is 0.275 e. The van der Waals surface area contributed by atoms with Crippen LogP contribution < -0.4 is 5.32 Å². The zero-order valence-electron chi connectivity index (χ0n) is 13.7. The monoisotopic (exact) mass is 290 g/mol. The Bertz CT molecular complexity index is 509. The molecular weight excluding hydrogens is 264 g/mol. The van der Waals surface area contributed by atoms with Gasteiger partial charge in [0.05, 0.1) is 11.9 Å². The van der Waals surface area contributed by atoms with Crippen molar-refractivity contribution in [3.05, 3.63) is 17.7 Å². The minimum atomic E-state index is 0.0276.